The highest BCUT2D eigenvalue weighted by Gasteiger charge is 2.20. The van der Waals surface area contributed by atoms with E-state index in [0.717, 1.165) is 58.4 Å². The van der Waals surface area contributed by atoms with Crippen LogP contribution in [0.4, 0.5) is 5.82 Å². The maximum atomic E-state index is 6.08. The average Bonchev–Trinajstić information content (AvgIpc) is 3.25. The van der Waals surface area contributed by atoms with E-state index in [-0.39, 0.29) is 0 Å². The van der Waals surface area contributed by atoms with E-state index in [9.17, 15) is 0 Å². The van der Waals surface area contributed by atoms with Crippen LogP contribution < -0.4 is 5.32 Å². The summed E-state index contributed by atoms with van der Waals surface area (Å²) in [5.41, 5.74) is 5.03. The summed E-state index contributed by atoms with van der Waals surface area (Å²) >= 11 is 7.74. The average molecular weight is 463 g/mol. The van der Waals surface area contributed by atoms with Crippen LogP contribution in [0.3, 0.4) is 0 Å². The maximum absolute atomic E-state index is 6.08. The third-order valence-corrected chi connectivity index (χ3v) is 7.46. The number of aromatic nitrogens is 2. The van der Waals surface area contributed by atoms with Crippen molar-refractivity contribution in [3.63, 3.8) is 0 Å². The summed E-state index contributed by atoms with van der Waals surface area (Å²) in [6.07, 6.45) is 4.08. The minimum Gasteiger partial charge on any atom is -0.369 e. The third-order valence-electron chi connectivity index (χ3n) is 6.32. The number of nitrogens with one attached hydrogen (secondary N) is 1. The number of fused-ring (bicyclic) bond motifs is 1. The molecule has 1 saturated heterocycles. The molecule has 4 aromatic rings. The standard InChI is InChI=1S/C26H27ClN4S/c1-18-2-4-20(5-3-18)15-31-12-10-19(11-13-31)14-28-25-24-23(16-32-26(24)30-17-29-25)21-6-8-22(27)9-7-21/h2-9,16-17,19H,10-15H2,1H3,(H,28,29,30). The number of anilines is 1. The van der Waals surface area contributed by atoms with Crippen molar-refractivity contribution < 1.29 is 0 Å². The van der Waals surface area contributed by atoms with Crippen molar-refractivity contribution in [3.8, 4) is 11.1 Å². The summed E-state index contributed by atoms with van der Waals surface area (Å²) in [4.78, 5) is 12.7. The van der Waals surface area contributed by atoms with Gasteiger partial charge in [0.2, 0.25) is 0 Å². The number of benzene rings is 2. The molecular formula is C26H27ClN4S. The molecule has 0 aliphatic carbocycles. The molecule has 1 N–H and O–H groups in total. The van der Waals surface area contributed by atoms with E-state index in [1.807, 2.05) is 12.1 Å². The Bertz CT molecular complexity index is 1180. The Morgan fingerprint density at radius 1 is 1.03 bits per heavy atom. The molecule has 2 aromatic carbocycles. The van der Waals surface area contributed by atoms with Crippen molar-refractivity contribution >= 4 is 39.0 Å². The number of halogens is 1. The second-order valence-corrected chi connectivity index (χ2v) is 9.94. The number of hydrogen-bond acceptors (Lipinski definition) is 5. The van der Waals surface area contributed by atoms with Crippen LogP contribution in [-0.2, 0) is 6.54 Å². The van der Waals surface area contributed by atoms with Gasteiger partial charge in [-0.25, -0.2) is 9.97 Å². The molecule has 0 spiro atoms. The fraction of sp³-hybridized carbons (Fsp3) is 0.308. The summed E-state index contributed by atoms with van der Waals surface area (Å²) in [6, 6.07) is 16.9. The molecule has 0 bridgehead atoms. The highest BCUT2D eigenvalue weighted by Crippen LogP contribution is 2.37. The molecule has 0 unspecified atom stereocenters. The zero-order chi connectivity index (χ0) is 21.9. The Labute approximate surface area is 198 Å². The van der Waals surface area contributed by atoms with Gasteiger partial charge in [0.25, 0.3) is 0 Å². The van der Waals surface area contributed by atoms with Gasteiger partial charge < -0.3 is 5.32 Å². The quantitative estimate of drug-likeness (QED) is 0.348. The first-order chi connectivity index (χ1) is 15.7. The molecule has 0 saturated carbocycles. The predicted octanol–water partition coefficient (Wildman–Crippen LogP) is 6.64. The van der Waals surface area contributed by atoms with E-state index in [1.165, 1.54) is 24.0 Å². The lowest BCUT2D eigenvalue weighted by molar-refractivity contribution is 0.182. The number of aryl methyl sites for hydroxylation is 1. The second kappa shape index (κ2) is 9.57. The molecule has 4 nitrogen and oxygen atoms in total. The third kappa shape index (κ3) is 4.80. The molecule has 1 aliphatic heterocycles. The lowest BCUT2D eigenvalue weighted by Crippen LogP contribution is -2.35. The molecule has 2 aromatic heterocycles. The minimum atomic E-state index is 0.659. The number of rotatable bonds is 6. The van der Waals surface area contributed by atoms with Gasteiger partial charge in [-0.15, -0.1) is 11.3 Å². The summed E-state index contributed by atoms with van der Waals surface area (Å²) < 4.78 is 0. The smallest absolute Gasteiger partial charge is 0.138 e. The van der Waals surface area contributed by atoms with Gasteiger partial charge in [-0.05, 0) is 62.0 Å². The lowest BCUT2D eigenvalue weighted by atomic mass is 9.96. The predicted molar refractivity (Wildman–Crippen MR) is 136 cm³/mol. The Balaban J connectivity index is 1.23. The molecule has 164 valence electrons. The second-order valence-electron chi connectivity index (χ2n) is 8.64. The zero-order valence-corrected chi connectivity index (χ0v) is 19.8. The monoisotopic (exact) mass is 462 g/mol. The SMILES string of the molecule is Cc1ccc(CN2CCC(CNc3ncnc4scc(-c5ccc(Cl)cc5)c34)CC2)cc1. The van der Waals surface area contributed by atoms with Crippen LogP contribution in [0, 0.1) is 12.8 Å². The number of thiophene rings is 1. The molecule has 0 amide bonds. The summed E-state index contributed by atoms with van der Waals surface area (Å²) in [5, 5.41) is 7.67. The highest BCUT2D eigenvalue weighted by molar-refractivity contribution is 7.17. The van der Waals surface area contributed by atoms with Crippen molar-refractivity contribution in [3.05, 3.63) is 76.4 Å². The van der Waals surface area contributed by atoms with Gasteiger partial charge in [0.15, 0.2) is 0 Å². The maximum Gasteiger partial charge on any atom is 0.138 e. The molecule has 0 radical (unpaired) electrons. The van der Waals surface area contributed by atoms with Crippen LogP contribution in [0.15, 0.2) is 60.2 Å². The van der Waals surface area contributed by atoms with Gasteiger partial charge in [-0.2, -0.15) is 0 Å². The molecule has 6 heteroatoms. The van der Waals surface area contributed by atoms with Crippen molar-refractivity contribution in [1.29, 1.82) is 0 Å². The number of nitrogens with zero attached hydrogens (tertiary/aromatic N) is 3. The van der Waals surface area contributed by atoms with E-state index < -0.39 is 0 Å². The van der Waals surface area contributed by atoms with Crippen molar-refractivity contribution in [2.75, 3.05) is 25.0 Å². The van der Waals surface area contributed by atoms with Gasteiger partial charge >= 0.3 is 0 Å². The first-order valence-corrected chi connectivity index (χ1v) is 12.4. The molecule has 1 aliphatic rings. The fourth-order valence-electron chi connectivity index (χ4n) is 4.39. The van der Waals surface area contributed by atoms with Crippen LogP contribution in [0.2, 0.25) is 5.02 Å². The number of piperidine rings is 1. The van der Waals surface area contributed by atoms with E-state index in [1.54, 1.807) is 17.7 Å². The highest BCUT2D eigenvalue weighted by atomic mass is 35.5. The van der Waals surface area contributed by atoms with Gasteiger partial charge in [-0.3, -0.25) is 4.90 Å². The van der Waals surface area contributed by atoms with Crippen LogP contribution in [0.1, 0.15) is 24.0 Å². The van der Waals surface area contributed by atoms with Crippen LogP contribution in [-0.4, -0.2) is 34.5 Å². The molecule has 0 atom stereocenters. The summed E-state index contributed by atoms with van der Waals surface area (Å²) in [7, 11) is 0. The number of likely N-dealkylation sites (tertiary alicyclic amines) is 1. The summed E-state index contributed by atoms with van der Waals surface area (Å²) in [6.45, 7) is 6.43. The molecule has 3 heterocycles. The topological polar surface area (TPSA) is 41.0 Å². The van der Waals surface area contributed by atoms with Gasteiger partial charge in [0.05, 0.1) is 5.39 Å². The number of hydrogen-bond donors (Lipinski definition) is 1. The largest absolute Gasteiger partial charge is 0.369 e. The minimum absolute atomic E-state index is 0.659. The van der Waals surface area contributed by atoms with Crippen molar-refractivity contribution in [2.24, 2.45) is 5.92 Å². The van der Waals surface area contributed by atoms with Gasteiger partial charge in [0.1, 0.15) is 17.0 Å². The van der Waals surface area contributed by atoms with Gasteiger partial charge in [0, 0.05) is 29.1 Å². The molecule has 1 fully saturated rings. The van der Waals surface area contributed by atoms with Crippen molar-refractivity contribution in [2.45, 2.75) is 26.3 Å². The van der Waals surface area contributed by atoms with Crippen molar-refractivity contribution in [1.82, 2.24) is 14.9 Å². The summed E-state index contributed by atoms with van der Waals surface area (Å²) in [5.74, 6) is 1.59. The first-order valence-electron chi connectivity index (χ1n) is 11.2. The zero-order valence-electron chi connectivity index (χ0n) is 18.2. The normalized spacial score (nSPS) is 15.3. The Kier molecular flexibility index (Phi) is 6.39. The fourth-order valence-corrected chi connectivity index (χ4v) is 5.43. The molecule has 5 rings (SSSR count). The lowest BCUT2D eigenvalue weighted by Gasteiger charge is -2.32. The van der Waals surface area contributed by atoms with E-state index in [2.05, 4.69) is 68.9 Å². The van der Waals surface area contributed by atoms with Crippen LogP contribution in [0.25, 0.3) is 21.3 Å². The van der Waals surface area contributed by atoms with E-state index in [4.69, 9.17) is 11.6 Å². The van der Waals surface area contributed by atoms with Crippen LogP contribution >= 0.6 is 22.9 Å². The molecular weight excluding hydrogens is 436 g/mol. The first kappa shape index (κ1) is 21.4. The Morgan fingerprint density at radius 3 is 2.53 bits per heavy atom. The van der Waals surface area contributed by atoms with E-state index in [0.29, 0.717) is 5.92 Å². The Hall–Kier alpha value is -2.47. The van der Waals surface area contributed by atoms with Gasteiger partial charge in [-0.1, -0.05) is 53.6 Å². The van der Waals surface area contributed by atoms with E-state index >= 15 is 0 Å². The Morgan fingerprint density at radius 2 is 1.78 bits per heavy atom. The van der Waals surface area contributed by atoms with Crippen LogP contribution in [0.5, 0.6) is 0 Å². The molecule has 32 heavy (non-hydrogen) atoms.